The number of aromatic nitrogens is 1. The van der Waals surface area contributed by atoms with E-state index < -0.39 is 23.7 Å². The minimum Gasteiger partial charge on any atom is -0.349 e. The number of fused-ring (bicyclic) bond motifs is 1. The molecule has 1 aliphatic heterocycles. The second-order valence-electron chi connectivity index (χ2n) is 14.9. The zero-order chi connectivity index (χ0) is 32.0. The van der Waals surface area contributed by atoms with Gasteiger partial charge < -0.3 is 15.5 Å². The molecule has 2 aromatic carbocycles. The molecule has 3 atom stereocenters. The maximum Gasteiger partial charge on any atom is 0.247 e. The molecule has 8 heteroatoms. The Bertz CT molecular complexity index is 1500. The molecule has 2 aliphatic rings. The Balaban J connectivity index is 1.54. The Kier molecular flexibility index (Phi) is 8.78. The van der Waals surface area contributed by atoms with Crippen molar-refractivity contribution in [1.82, 2.24) is 20.5 Å². The fraction of sp³-hybridized carbons (Fsp3) is 0.500. The van der Waals surface area contributed by atoms with Crippen LogP contribution in [0.3, 0.4) is 0 Å². The number of nitrogens with one attached hydrogen (secondary N) is 2. The van der Waals surface area contributed by atoms with Crippen LogP contribution >= 0.6 is 11.3 Å². The molecule has 7 nitrogen and oxygen atoms in total. The standard InChI is InChI=1S/C36H46N4O3S/c1-21(2)17-27-31(41)38-29(26-18-24-11-9-10-12-25(24)19-26)34(43)40(27)30(32(42)39-36(6,7)8)22-13-15-23(16-14-22)33-37-28(20-44-33)35(3,4)5/h9-16,20-21,26-27,29-30H,17-19H2,1-8H3,(H,38,41)(H,39,42)/t27-,29-,30-/m1/s1. The molecule has 0 radical (unpaired) electrons. The number of piperazine rings is 1. The fourth-order valence-corrected chi connectivity index (χ4v) is 7.36. The van der Waals surface area contributed by atoms with Crippen molar-refractivity contribution in [1.29, 1.82) is 0 Å². The van der Waals surface area contributed by atoms with Gasteiger partial charge in [0, 0.05) is 21.9 Å². The van der Waals surface area contributed by atoms with E-state index in [1.54, 1.807) is 16.2 Å². The molecule has 1 aliphatic carbocycles. The molecule has 0 saturated carbocycles. The van der Waals surface area contributed by atoms with Crippen LogP contribution in [0.5, 0.6) is 0 Å². The molecule has 234 valence electrons. The van der Waals surface area contributed by atoms with Gasteiger partial charge in [0.25, 0.3) is 0 Å². The Labute approximate surface area is 265 Å². The van der Waals surface area contributed by atoms with Crippen LogP contribution in [0.25, 0.3) is 10.6 Å². The number of nitrogens with zero attached hydrogens (tertiary/aromatic N) is 2. The summed E-state index contributed by atoms with van der Waals surface area (Å²) in [6, 6.07) is 13.6. The third-order valence-electron chi connectivity index (χ3n) is 8.48. The summed E-state index contributed by atoms with van der Waals surface area (Å²) in [7, 11) is 0. The molecule has 1 aromatic heterocycles. The predicted molar refractivity (Wildman–Crippen MR) is 176 cm³/mol. The van der Waals surface area contributed by atoms with E-state index in [2.05, 4.69) is 48.9 Å². The summed E-state index contributed by atoms with van der Waals surface area (Å²) in [5, 5.41) is 9.21. The average Bonchev–Trinajstić information content (AvgIpc) is 3.59. The van der Waals surface area contributed by atoms with E-state index in [1.807, 2.05) is 71.0 Å². The van der Waals surface area contributed by atoms with Crippen LogP contribution in [0, 0.1) is 11.8 Å². The molecule has 1 fully saturated rings. The molecule has 2 heterocycles. The zero-order valence-electron chi connectivity index (χ0n) is 27.2. The maximum atomic E-state index is 14.6. The van der Waals surface area contributed by atoms with Gasteiger partial charge in [0.2, 0.25) is 17.7 Å². The Morgan fingerprint density at radius 2 is 1.61 bits per heavy atom. The summed E-state index contributed by atoms with van der Waals surface area (Å²) in [5.74, 6) is -0.603. The third kappa shape index (κ3) is 6.75. The van der Waals surface area contributed by atoms with Crippen molar-refractivity contribution >= 4 is 29.1 Å². The maximum absolute atomic E-state index is 14.6. The topological polar surface area (TPSA) is 91.4 Å². The van der Waals surface area contributed by atoms with E-state index in [0.29, 0.717) is 24.8 Å². The number of benzene rings is 2. The first-order valence-corrected chi connectivity index (χ1v) is 16.6. The quantitative estimate of drug-likeness (QED) is 0.331. The monoisotopic (exact) mass is 614 g/mol. The van der Waals surface area contributed by atoms with Gasteiger partial charge in [-0.3, -0.25) is 14.4 Å². The van der Waals surface area contributed by atoms with E-state index >= 15 is 0 Å². The molecule has 3 aromatic rings. The van der Waals surface area contributed by atoms with E-state index in [4.69, 9.17) is 4.98 Å². The molecule has 5 rings (SSSR count). The summed E-state index contributed by atoms with van der Waals surface area (Å²) >= 11 is 1.60. The normalized spacial score (nSPS) is 20.1. The molecular weight excluding hydrogens is 568 g/mol. The van der Waals surface area contributed by atoms with Crippen LogP contribution in [-0.4, -0.2) is 45.2 Å². The van der Waals surface area contributed by atoms with Crippen molar-refractivity contribution in [3.63, 3.8) is 0 Å². The van der Waals surface area contributed by atoms with E-state index in [1.165, 1.54) is 11.1 Å². The van der Waals surface area contributed by atoms with Gasteiger partial charge in [-0.15, -0.1) is 11.3 Å². The van der Waals surface area contributed by atoms with Gasteiger partial charge in [-0.25, -0.2) is 4.98 Å². The molecule has 0 unspecified atom stereocenters. The van der Waals surface area contributed by atoms with E-state index in [9.17, 15) is 14.4 Å². The highest BCUT2D eigenvalue weighted by molar-refractivity contribution is 7.13. The number of carbonyl (C=O) groups is 3. The van der Waals surface area contributed by atoms with Crippen molar-refractivity contribution in [2.75, 3.05) is 0 Å². The van der Waals surface area contributed by atoms with Crippen molar-refractivity contribution < 1.29 is 14.4 Å². The number of hydrogen-bond donors (Lipinski definition) is 2. The first-order chi connectivity index (χ1) is 20.6. The summed E-state index contributed by atoms with van der Waals surface area (Å²) in [4.78, 5) is 49.1. The third-order valence-corrected chi connectivity index (χ3v) is 9.37. The minimum atomic E-state index is -0.960. The number of amides is 3. The molecule has 44 heavy (non-hydrogen) atoms. The van der Waals surface area contributed by atoms with Gasteiger partial charge in [0.15, 0.2) is 0 Å². The van der Waals surface area contributed by atoms with Crippen molar-refractivity contribution in [2.45, 2.75) is 104 Å². The van der Waals surface area contributed by atoms with Crippen LogP contribution in [0.1, 0.15) is 90.2 Å². The molecular formula is C36H46N4O3S. The SMILES string of the molecule is CC(C)C[C@@H]1C(=O)N[C@H](C2Cc3ccccc3C2)C(=O)N1[C@@H](C(=O)NC(C)(C)C)c1ccc(-c2nc(C(C)(C)C)cs2)cc1. The Morgan fingerprint density at radius 1 is 1.00 bits per heavy atom. The Hall–Kier alpha value is -3.52. The van der Waals surface area contributed by atoms with Crippen LogP contribution in [0.4, 0.5) is 0 Å². The summed E-state index contributed by atoms with van der Waals surface area (Å²) in [6.45, 7) is 16.3. The van der Waals surface area contributed by atoms with Crippen LogP contribution < -0.4 is 10.6 Å². The highest BCUT2D eigenvalue weighted by Gasteiger charge is 2.49. The first-order valence-electron chi connectivity index (χ1n) is 15.7. The predicted octanol–water partition coefficient (Wildman–Crippen LogP) is 6.22. The lowest BCUT2D eigenvalue weighted by atomic mass is 9.87. The second kappa shape index (κ2) is 12.1. The van der Waals surface area contributed by atoms with Crippen molar-refractivity contribution in [3.05, 3.63) is 76.3 Å². The second-order valence-corrected chi connectivity index (χ2v) is 15.7. The smallest absolute Gasteiger partial charge is 0.247 e. The van der Waals surface area contributed by atoms with Crippen LogP contribution in [0.15, 0.2) is 53.9 Å². The van der Waals surface area contributed by atoms with Gasteiger partial charge in [-0.2, -0.15) is 0 Å². The number of hydrogen-bond acceptors (Lipinski definition) is 5. The summed E-state index contributed by atoms with van der Waals surface area (Å²) in [6.07, 6.45) is 1.89. The largest absolute Gasteiger partial charge is 0.349 e. The van der Waals surface area contributed by atoms with Gasteiger partial charge in [-0.1, -0.05) is 83.1 Å². The lowest BCUT2D eigenvalue weighted by Crippen LogP contribution is -2.67. The van der Waals surface area contributed by atoms with Gasteiger partial charge in [0.1, 0.15) is 23.1 Å². The van der Waals surface area contributed by atoms with Crippen molar-refractivity contribution in [2.24, 2.45) is 11.8 Å². The fourth-order valence-electron chi connectivity index (χ4n) is 6.31. The average molecular weight is 615 g/mol. The summed E-state index contributed by atoms with van der Waals surface area (Å²) in [5.41, 5.74) is 4.50. The number of rotatable bonds is 7. The molecule has 0 bridgehead atoms. The lowest BCUT2D eigenvalue weighted by Gasteiger charge is -2.45. The lowest BCUT2D eigenvalue weighted by molar-refractivity contribution is -0.158. The van der Waals surface area contributed by atoms with E-state index in [-0.39, 0.29) is 35.0 Å². The van der Waals surface area contributed by atoms with Crippen LogP contribution in [-0.2, 0) is 32.6 Å². The van der Waals surface area contributed by atoms with Crippen molar-refractivity contribution in [3.8, 4) is 10.6 Å². The van der Waals surface area contributed by atoms with Gasteiger partial charge in [-0.05, 0) is 68.6 Å². The molecule has 2 N–H and O–H groups in total. The zero-order valence-corrected chi connectivity index (χ0v) is 28.0. The molecule has 1 saturated heterocycles. The number of thiazole rings is 1. The van der Waals surface area contributed by atoms with Gasteiger partial charge >= 0.3 is 0 Å². The van der Waals surface area contributed by atoms with Gasteiger partial charge in [0.05, 0.1) is 5.69 Å². The molecule has 3 amide bonds. The molecule has 0 spiro atoms. The highest BCUT2D eigenvalue weighted by Crippen LogP contribution is 2.37. The highest BCUT2D eigenvalue weighted by atomic mass is 32.1. The van der Waals surface area contributed by atoms with E-state index in [0.717, 1.165) is 16.3 Å². The number of carbonyl (C=O) groups excluding carboxylic acids is 3. The minimum absolute atomic E-state index is 0.0529. The Morgan fingerprint density at radius 3 is 2.14 bits per heavy atom. The first kappa shape index (κ1) is 31.9. The summed E-state index contributed by atoms with van der Waals surface area (Å²) < 4.78 is 0. The van der Waals surface area contributed by atoms with Crippen LogP contribution in [0.2, 0.25) is 0 Å².